The largest absolute Gasteiger partial charge is 0.261 e. The Labute approximate surface area is 112 Å². The average Bonchev–Trinajstić information content (AvgIpc) is 2.28. The number of sulfonamides is 1. The third-order valence-corrected chi connectivity index (χ3v) is 5.59. The molecule has 0 amide bonds. The first-order valence-corrected chi connectivity index (χ1v) is 8.95. The van der Waals surface area contributed by atoms with E-state index in [0.717, 1.165) is 0 Å². The van der Waals surface area contributed by atoms with Crippen LogP contribution >= 0.6 is 10.7 Å². The first kappa shape index (κ1) is 15.4. The number of halogens is 1. The second-order valence-electron chi connectivity index (χ2n) is 3.74. The van der Waals surface area contributed by atoms with Crippen molar-refractivity contribution in [2.24, 2.45) is 0 Å². The lowest BCUT2D eigenvalue weighted by atomic mass is 10.4. The molecule has 0 unspecified atom stereocenters. The van der Waals surface area contributed by atoms with Crippen molar-refractivity contribution in [1.29, 1.82) is 0 Å². The fourth-order valence-corrected chi connectivity index (χ4v) is 3.42. The molecule has 1 rings (SSSR count). The molecular weight excluding hydrogens is 298 g/mol. The Morgan fingerprint density at radius 3 is 1.89 bits per heavy atom. The molecule has 0 aromatic heterocycles. The number of benzene rings is 1. The van der Waals surface area contributed by atoms with Gasteiger partial charge in [0.25, 0.3) is 9.05 Å². The molecule has 18 heavy (non-hydrogen) atoms. The number of nitrogens with zero attached hydrogens (tertiary/aromatic N) is 1. The number of hydrogen-bond donors (Lipinski definition) is 0. The van der Waals surface area contributed by atoms with Gasteiger partial charge in [-0.25, -0.2) is 21.1 Å². The van der Waals surface area contributed by atoms with Crippen molar-refractivity contribution < 1.29 is 16.8 Å². The Morgan fingerprint density at radius 1 is 1.06 bits per heavy atom. The van der Waals surface area contributed by atoms with Crippen LogP contribution in [0.5, 0.6) is 0 Å². The van der Waals surface area contributed by atoms with Gasteiger partial charge in [0.1, 0.15) is 0 Å². The van der Waals surface area contributed by atoms with Crippen LogP contribution in [0, 0.1) is 0 Å². The summed E-state index contributed by atoms with van der Waals surface area (Å²) in [6.45, 7) is 2.27. The van der Waals surface area contributed by atoms with E-state index in [9.17, 15) is 16.8 Å². The van der Waals surface area contributed by atoms with Crippen molar-refractivity contribution in [3.8, 4) is 0 Å². The van der Waals surface area contributed by atoms with Crippen molar-refractivity contribution in [3.63, 3.8) is 0 Å². The third-order valence-electron chi connectivity index (χ3n) is 2.35. The van der Waals surface area contributed by atoms with Crippen LogP contribution in [-0.4, -0.2) is 34.7 Å². The van der Waals surface area contributed by atoms with Crippen molar-refractivity contribution in [2.75, 3.05) is 13.6 Å². The van der Waals surface area contributed by atoms with Gasteiger partial charge in [-0.15, -0.1) is 0 Å². The van der Waals surface area contributed by atoms with E-state index >= 15 is 0 Å². The third kappa shape index (κ3) is 3.44. The highest BCUT2D eigenvalue weighted by atomic mass is 35.7. The van der Waals surface area contributed by atoms with Gasteiger partial charge in [-0.1, -0.05) is 6.92 Å². The van der Waals surface area contributed by atoms with Crippen LogP contribution in [0.15, 0.2) is 34.1 Å². The average molecular weight is 312 g/mol. The Kier molecular flexibility index (Phi) is 4.77. The van der Waals surface area contributed by atoms with Gasteiger partial charge in [0.2, 0.25) is 10.0 Å². The van der Waals surface area contributed by atoms with Gasteiger partial charge in [-0.05, 0) is 30.7 Å². The quantitative estimate of drug-likeness (QED) is 0.775. The van der Waals surface area contributed by atoms with Gasteiger partial charge >= 0.3 is 0 Å². The Morgan fingerprint density at radius 2 is 1.50 bits per heavy atom. The van der Waals surface area contributed by atoms with Crippen LogP contribution < -0.4 is 0 Å². The molecular formula is C10H14ClNO4S2. The molecule has 0 N–H and O–H groups in total. The molecule has 0 aliphatic carbocycles. The van der Waals surface area contributed by atoms with E-state index in [1.807, 2.05) is 6.92 Å². The van der Waals surface area contributed by atoms with Gasteiger partial charge in [0.15, 0.2) is 0 Å². The Hall–Kier alpha value is -0.630. The minimum absolute atomic E-state index is 0.0440. The molecule has 0 heterocycles. The second-order valence-corrected chi connectivity index (χ2v) is 8.35. The minimum atomic E-state index is -3.83. The summed E-state index contributed by atoms with van der Waals surface area (Å²) < 4.78 is 47.3. The molecule has 5 nitrogen and oxygen atoms in total. The van der Waals surface area contributed by atoms with Crippen LogP contribution in [0.3, 0.4) is 0 Å². The molecule has 0 aliphatic heterocycles. The SMILES string of the molecule is CCCN(C)S(=O)(=O)c1ccc(S(=O)(=O)Cl)cc1. The maximum Gasteiger partial charge on any atom is 0.261 e. The second kappa shape index (κ2) is 5.56. The van der Waals surface area contributed by atoms with E-state index < -0.39 is 19.1 Å². The summed E-state index contributed by atoms with van der Waals surface area (Å²) in [4.78, 5) is -0.0798. The Balaban J connectivity index is 3.13. The van der Waals surface area contributed by atoms with E-state index in [1.165, 1.54) is 35.6 Å². The van der Waals surface area contributed by atoms with E-state index in [-0.39, 0.29) is 9.79 Å². The molecule has 0 bridgehead atoms. The van der Waals surface area contributed by atoms with Crippen molar-refractivity contribution >= 4 is 29.8 Å². The standard InChI is InChI=1S/C10H14ClNO4S2/c1-3-8-12(2)18(15,16)10-6-4-9(5-7-10)17(11,13)14/h4-7H,3,8H2,1-2H3. The van der Waals surface area contributed by atoms with Crippen LogP contribution in [0.2, 0.25) is 0 Å². The van der Waals surface area contributed by atoms with Gasteiger partial charge in [0.05, 0.1) is 9.79 Å². The van der Waals surface area contributed by atoms with Crippen molar-refractivity contribution in [1.82, 2.24) is 4.31 Å². The zero-order valence-corrected chi connectivity index (χ0v) is 12.4. The smallest absolute Gasteiger partial charge is 0.207 e. The highest BCUT2D eigenvalue weighted by Crippen LogP contribution is 2.19. The molecule has 0 spiro atoms. The van der Waals surface area contributed by atoms with Crippen molar-refractivity contribution in [2.45, 2.75) is 23.1 Å². The molecule has 0 fully saturated rings. The molecule has 0 saturated heterocycles. The summed E-state index contributed by atoms with van der Waals surface area (Å²) in [7, 11) is -0.773. The van der Waals surface area contributed by atoms with Gasteiger partial charge in [-0.2, -0.15) is 0 Å². The fraction of sp³-hybridized carbons (Fsp3) is 0.400. The molecule has 1 aromatic carbocycles. The Bertz CT molecular complexity index is 608. The van der Waals surface area contributed by atoms with E-state index in [0.29, 0.717) is 13.0 Å². The van der Waals surface area contributed by atoms with Crippen LogP contribution in [0.4, 0.5) is 0 Å². The summed E-state index contributed by atoms with van der Waals surface area (Å²) in [5.74, 6) is 0. The van der Waals surface area contributed by atoms with Gasteiger partial charge in [0, 0.05) is 24.3 Å². The first-order chi connectivity index (χ1) is 8.19. The molecule has 0 saturated carbocycles. The topological polar surface area (TPSA) is 71.5 Å². The van der Waals surface area contributed by atoms with E-state index in [1.54, 1.807) is 0 Å². The van der Waals surface area contributed by atoms with Crippen LogP contribution in [0.1, 0.15) is 13.3 Å². The lowest BCUT2D eigenvalue weighted by Crippen LogP contribution is -2.27. The number of hydrogen-bond acceptors (Lipinski definition) is 4. The summed E-state index contributed by atoms with van der Waals surface area (Å²) in [6.07, 6.45) is 0.698. The molecule has 0 radical (unpaired) electrons. The van der Waals surface area contributed by atoms with Gasteiger partial charge < -0.3 is 0 Å². The summed E-state index contributed by atoms with van der Waals surface area (Å²) >= 11 is 0. The summed E-state index contributed by atoms with van der Waals surface area (Å²) in [5, 5.41) is 0. The normalized spacial score (nSPS) is 12.9. The molecule has 102 valence electrons. The monoisotopic (exact) mass is 311 g/mol. The lowest BCUT2D eigenvalue weighted by molar-refractivity contribution is 0.468. The first-order valence-electron chi connectivity index (χ1n) is 5.20. The minimum Gasteiger partial charge on any atom is -0.207 e. The zero-order valence-electron chi connectivity index (χ0n) is 10.00. The lowest BCUT2D eigenvalue weighted by Gasteiger charge is -2.16. The maximum absolute atomic E-state index is 12.0. The maximum atomic E-state index is 12.0. The highest BCUT2D eigenvalue weighted by Gasteiger charge is 2.20. The summed E-state index contributed by atoms with van der Waals surface area (Å²) in [6, 6.07) is 4.82. The van der Waals surface area contributed by atoms with Crippen molar-refractivity contribution in [3.05, 3.63) is 24.3 Å². The zero-order chi connectivity index (χ0) is 14.0. The fourth-order valence-electron chi connectivity index (χ4n) is 1.39. The number of rotatable bonds is 5. The molecule has 1 aromatic rings. The summed E-state index contributed by atoms with van der Waals surface area (Å²) in [5.41, 5.74) is 0. The van der Waals surface area contributed by atoms with Crippen LogP contribution in [-0.2, 0) is 19.1 Å². The molecule has 8 heteroatoms. The molecule has 0 aliphatic rings. The predicted octanol–water partition coefficient (Wildman–Crippen LogP) is 1.64. The van der Waals surface area contributed by atoms with Crippen LogP contribution in [0.25, 0.3) is 0 Å². The van der Waals surface area contributed by atoms with E-state index in [2.05, 4.69) is 0 Å². The van der Waals surface area contributed by atoms with E-state index in [4.69, 9.17) is 10.7 Å². The predicted molar refractivity (Wildman–Crippen MR) is 69.6 cm³/mol. The molecule has 0 atom stereocenters. The highest BCUT2D eigenvalue weighted by molar-refractivity contribution is 8.13. The van der Waals surface area contributed by atoms with Gasteiger partial charge in [-0.3, -0.25) is 0 Å².